The van der Waals surface area contributed by atoms with E-state index in [9.17, 15) is 0 Å². The molecular formula is C13H13BrClN3O. The molecule has 0 spiro atoms. The Labute approximate surface area is 125 Å². The highest BCUT2D eigenvalue weighted by Crippen LogP contribution is 2.21. The number of nitrogens with zero attached hydrogens (tertiary/aromatic N) is 2. The van der Waals surface area contributed by atoms with E-state index in [1.54, 1.807) is 13.3 Å². The van der Waals surface area contributed by atoms with Crippen LogP contribution in [0.3, 0.4) is 0 Å². The Bertz CT molecular complexity index is 565. The Hall–Kier alpha value is -1.17. The van der Waals surface area contributed by atoms with E-state index in [1.165, 1.54) is 0 Å². The fraction of sp³-hybridized carbons (Fsp3) is 0.231. The van der Waals surface area contributed by atoms with Gasteiger partial charge in [0, 0.05) is 19.9 Å². The van der Waals surface area contributed by atoms with E-state index in [0.29, 0.717) is 19.0 Å². The van der Waals surface area contributed by atoms with Gasteiger partial charge in [-0.2, -0.15) is 4.98 Å². The first-order chi connectivity index (χ1) is 9.20. The topological polar surface area (TPSA) is 47.0 Å². The number of aromatic nitrogens is 2. The van der Waals surface area contributed by atoms with Crippen LogP contribution in [0.15, 0.2) is 34.9 Å². The summed E-state index contributed by atoms with van der Waals surface area (Å²) < 4.78 is 5.96. The van der Waals surface area contributed by atoms with Gasteiger partial charge < -0.3 is 10.1 Å². The second kappa shape index (κ2) is 6.84. The highest BCUT2D eigenvalue weighted by atomic mass is 79.9. The van der Waals surface area contributed by atoms with E-state index in [0.717, 1.165) is 15.6 Å². The molecule has 1 aromatic carbocycles. The summed E-state index contributed by atoms with van der Waals surface area (Å²) in [4.78, 5) is 8.02. The predicted octanol–water partition coefficient (Wildman–Crippen LogP) is 3.65. The van der Waals surface area contributed by atoms with Crippen molar-refractivity contribution >= 4 is 33.3 Å². The monoisotopic (exact) mass is 341 g/mol. The van der Waals surface area contributed by atoms with Crippen LogP contribution >= 0.6 is 27.5 Å². The molecule has 1 heterocycles. The van der Waals surface area contributed by atoms with Crippen molar-refractivity contribution in [2.24, 2.45) is 0 Å². The molecule has 0 aliphatic rings. The molecule has 0 radical (unpaired) electrons. The summed E-state index contributed by atoms with van der Waals surface area (Å²) in [6, 6.07) is 8.09. The van der Waals surface area contributed by atoms with Crippen LogP contribution in [0.1, 0.15) is 11.1 Å². The first kappa shape index (κ1) is 14.2. The number of methoxy groups -OCH3 is 1. The lowest BCUT2D eigenvalue weighted by atomic mass is 10.1. The third kappa shape index (κ3) is 3.89. The van der Waals surface area contributed by atoms with Gasteiger partial charge >= 0.3 is 0 Å². The molecule has 1 aromatic heterocycles. The minimum absolute atomic E-state index is 0.218. The zero-order valence-electron chi connectivity index (χ0n) is 10.4. The van der Waals surface area contributed by atoms with Crippen LogP contribution < -0.4 is 5.32 Å². The second-order valence-electron chi connectivity index (χ2n) is 3.89. The zero-order chi connectivity index (χ0) is 13.7. The van der Waals surface area contributed by atoms with Crippen LogP contribution in [0.25, 0.3) is 0 Å². The van der Waals surface area contributed by atoms with E-state index >= 15 is 0 Å². The number of hydrogen-bond acceptors (Lipinski definition) is 4. The van der Waals surface area contributed by atoms with Crippen molar-refractivity contribution in [2.45, 2.75) is 13.2 Å². The molecular weight excluding hydrogens is 330 g/mol. The van der Waals surface area contributed by atoms with Gasteiger partial charge in [0.25, 0.3) is 0 Å². The molecule has 0 fully saturated rings. The van der Waals surface area contributed by atoms with E-state index in [4.69, 9.17) is 16.3 Å². The largest absolute Gasteiger partial charge is 0.380 e. The molecule has 0 aliphatic heterocycles. The highest BCUT2D eigenvalue weighted by molar-refractivity contribution is 9.10. The van der Waals surface area contributed by atoms with Crippen molar-refractivity contribution in [3.63, 3.8) is 0 Å². The summed E-state index contributed by atoms with van der Waals surface area (Å²) in [5.74, 6) is 0.673. The van der Waals surface area contributed by atoms with Crippen molar-refractivity contribution in [2.75, 3.05) is 12.4 Å². The zero-order valence-corrected chi connectivity index (χ0v) is 12.7. The summed E-state index contributed by atoms with van der Waals surface area (Å²) in [6.45, 7) is 1.23. The number of ether oxygens (including phenoxy) is 1. The van der Waals surface area contributed by atoms with Crippen molar-refractivity contribution in [3.8, 4) is 0 Å². The maximum atomic E-state index is 5.78. The summed E-state index contributed by atoms with van der Waals surface area (Å²) in [6.07, 6.45) is 1.62. The average Bonchev–Trinajstić information content (AvgIpc) is 2.42. The Morgan fingerprint density at radius 2 is 2.05 bits per heavy atom. The molecule has 0 aliphatic carbocycles. The summed E-state index contributed by atoms with van der Waals surface area (Å²) in [5.41, 5.74) is 2.31. The van der Waals surface area contributed by atoms with Crippen LogP contribution in [0.2, 0.25) is 5.28 Å². The SMILES string of the molecule is COCc1ccccc1CNc1nc(Cl)ncc1Br. The first-order valence-corrected chi connectivity index (χ1v) is 6.85. The lowest BCUT2D eigenvalue weighted by Crippen LogP contribution is -2.06. The molecule has 2 rings (SSSR count). The molecule has 0 saturated heterocycles. The fourth-order valence-electron chi connectivity index (χ4n) is 1.67. The molecule has 6 heteroatoms. The Kier molecular flexibility index (Phi) is 5.13. The number of rotatable bonds is 5. The molecule has 0 saturated carbocycles. The number of benzene rings is 1. The Balaban J connectivity index is 2.12. The Morgan fingerprint density at radius 1 is 1.32 bits per heavy atom. The average molecular weight is 343 g/mol. The lowest BCUT2D eigenvalue weighted by molar-refractivity contribution is 0.184. The van der Waals surface area contributed by atoms with Gasteiger partial charge in [0.15, 0.2) is 0 Å². The van der Waals surface area contributed by atoms with Gasteiger partial charge in [-0.05, 0) is 38.7 Å². The molecule has 2 aromatic rings. The first-order valence-electron chi connectivity index (χ1n) is 5.68. The van der Waals surface area contributed by atoms with Crippen molar-refractivity contribution < 1.29 is 4.74 Å². The number of nitrogens with one attached hydrogen (secondary N) is 1. The minimum atomic E-state index is 0.218. The summed E-state index contributed by atoms with van der Waals surface area (Å²) in [7, 11) is 1.69. The van der Waals surface area contributed by atoms with E-state index in [2.05, 4.69) is 37.3 Å². The number of halogens is 2. The maximum Gasteiger partial charge on any atom is 0.224 e. The predicted molar refractivity (Wildman–Crippen MR) is 79.2 cm³/mol. The third-order valence-corrected chi connectivity index (χ3v) is 3.34. The van der Waals surface area contributed by atoms with Gasteiger partial charge in [-0.1, -0.05) is 24.3 Å². The molecule has 19 heavy (non-hydrogen) atoms. The van der Waals surface area contributed by atoms with E-state index < -0.39 is 0 Å². The van der Waals surface area contributed by atoms with Gasteiger partial charge in [0.1, 0.15) is 5.82 Å². The van der Waals surface area contributed by atoms with Gasteiger partial charge in [-0.15, -0.1) is 0 Å². The van der Waals surface area contributed by atoms with Crippen molar-refractivity contribution in [1.29, 1.82) is 0 Å². The van der Waals surface area contributed by atoms with Crippen LogP contribution in [-0.2, 0) is 17.9 Å². The minimum Gasteiger partial charge on any atom is -0.380 e. The van der Waals surface area contributed by atoms with Gasteiger partial charge in [0.2, 0.25) is 5.28 Å². The van der Waals surface area contributed by atoms with Crippen molar-refractivity contribution in [3.05, 3.63) is 51.3 Å². The van der Waals surface area contributed by atoms with Crippen molar-refractivity contribution in [1.82, 2.24) is 9.97 Å². The van der Waals surface area contributed by atoms with Crippen LogP contribution in [-0.4, -0.2) is 17.1 Å². The summed E-state index contributed by atoms with van der Waals surface area (Å²) >= 11 is 9.16. The fourth-order valence-corrected chi connectivity index (χ4v) is 2.14. The number of hydrogen-bond donors (Lipinski definition) is 1. The molecule has 4 nitrogen and oxygen atoms in total. The normalized spacial score (nSPS) is 10.5. The molecule has 0 unspecified atom stereocenters. The maximum absolute atomic E-state index is 5.78. The Morgan fingerprint density at radius 3 is 2.79 bits per heavy atom. The smallest absolute Gasteiger partial charge is 0.224 e. The molecule has 0 amide bonds. The molecule has 0 atom stereocenters. The molecule has 0 bridgehead atoms. The number of anilines is 1. The molecule has 100 valence electrons. The van der Waals surface area contributed by atoms with E-state index in [-0.39, 0.29) is 5.28 Å². The highest BCUT2D eigenvalue weighted by Gasteiger charge is 2.05. The lowest BCUT2D eigenvalue weighted by Gasteiger charge is -2.11. The van der Waals surface area contributed by atoms with Crippen LogP contribution in [0.5, 0.6) is 0 Å². The third-order valence-electron chi connectivity index (χ3n) is 2.58. The quantitative estimate of drug-likeness (QED) is 0.843. The van der Waals surface area contributed by atoms with Gasteiger partial charge in [0.05, 0.1) is 11.1 Å². The van der Waals surface area contributed by atoms with E-state index in [1.807, 2.05) is 18.2 Å². The van der Waals surface area contributed by atoms with Gasteiger partial charge in [-0.3, -0.25) is 0 Å². The molecule has 1 N–H and O–H groups in total. The summed E-state index contributed by atoms with van der Waals surface area (Å²) in [5, 5.41) is 3.45. The van der Waals surface area contributed by atoms with Crippen LogP contribution in [0.4, 0.5) is 5.82 Å². The van der Waals surface area contributed by atoms with Crippen LogP contribution in [0, 0.1) is 0 Å². The van der Waals surface area contributed by atoms with Gasteiger partial charge in [-0.25, -0.2) is 4.98 Å². The standard InChI is InChI=1S/C13H13BrClN3O/c1-19-8-10-5-3-2-4-9(10)6-16-12-11(14)7-17-13(15)18-12/h2-5,7H,6,8H2,1H3,(H,16,17,18). The second-order valence-corrected chi connectivity index (χ2v) is 5.08.